The maximum absolute atomic E-state index is 12.0. The van der Waals surface area contributed by atoms with E-state index in [1.54, 1.807) is 4.68 Å². The highest BCUT2D eigenvalue weighted by atomic mass is 16.2. The molecule has 17 heavy (non-hydrogen) atoms. The summed E-state index contributed by atoms with van der Waals surface area (Å²) in [5.74, 6) is 0.806. The highest BCUT2D eigenvalue weighted by Gasteiger charge is 2.40. The van der Waals surface area contributed by atoms with E-state index < -0.39 is 0 Å². The second-order valence-electron chi connectivity index (χ2n) is 5.07. The third-order valence-electron chi connectivity index (χ3n) is 3.84. The Balaban J connectivity index is 1.75. The molecule has 2 saturated heterocycles. The lowest BCUT2D eigenvalue weighted by Crippen LogP contribution is -2.43. The molecule has 0 aliphatic carbocycles. The third kappa shape index (κ3) is 1.95. The zero-order chi connectivity index (χ0) is 11.8. The van der Waals surface area contributed by atoms with E-state index in [0.717, 1.165) is 25.1 Å². The smallest absolute Gasteiger partial charge is 0.223 e. The van der Waals surface area contributed by atoms with Crippen LogP contribution in [0.3, 0.4) is 0 Å². The Hall–Kier alpha value is -1.36. The second kappa shape index (κ2) is 4.14. The van der Waals surface area contributed by atoms with Crippen LogP contribution in [0.4, 0.5) is 0 Å². The number of hydrogen-bond acceptors (Lipinski definition) is 3. The van der Waals surface area contributed by atoms with Crippen LogP contribution in [0.2, 0.25) is 0 Å². The van der Waals surface area contributed by atoms with Crippen molar-refractivity contribution >= 4 is 5.91 Å². The van der Waals surface area contributed by atoms with E-state index in [9.17, 15) is 4.79 Å². The molecule has 0 radical (unpaired) electrons. The van der Waals surface area contributed by atoms with Gasteiger partial charge in [-0.15, -0.1) is 0 Å². The Morgan fingerprint density at radius 1 is 1.59 bits per heavy atom. The Kier molecular flexibility index (Phi) is 2.63. The van der Waals surface area contributed by atoms with Crippen LogP contribution in [0.1, 0.15) is 18.4 Å². The number of nitrogens with zero attached hydrogens (tertiary/aromatic N) is 3. The maximum atomic E-state index is 12.0. The molecule has 1 N–H and O–H groups in total. The number of fused-ring (bicyclic) bond motifs is 1. The molecule has 1 aromatic heterocycles. The van der Waals surface area contributed by atoms with Gasteiger partial charge in [0, 0.05) is 50.3 Å². The molecule has 5 heteroatoms. The van der Waals surface area contributed by atoms with Gasteiger partial charge < -0.3 is 10.2 Å². The normalized spacial score (nSPS) is 28.5. The summed E-state index contributed by atoms with van der Waals surface area (Å²) in [6, 6.07) is 0.434. The number of aryl methyl sites for hydroxylation is 1. The molecular weight excluding hydrogens is 216 g/mol. The predicted octanol–water partition coefficient (Wildman–Crippen LogP) is 0.131. The maximum Gasteiger partial charge on any atom is 0.223 e. The first-order valence-corrected chi connectivity index (χ1v) is 6.22. The summed E-state index contributed by atoms with van der Waals surface area (Å²) in [6.07, 6.45) is 5.62. The Morgan fingerprint density at radius 2 is 2.47 bits per heavy atom. The molecule has 92 valence electrons. The minimum atomic E-state index is 0.299. The summed E-state index contributed by atoms with van der Waals surface area (Å²) >= 11 is 0. The van der Waals surface area contributed by atoms with E-state index in [4.69, 9.17) is 0 Å². The van der Waals surface area contributed by atoms with Gasteiger partial charge in [-0.25, -0.2) is 0 Å². The van der Waals surface area contributed by atoms with Crippen molar-refractivity contribution in [1.29, 1.82) is 0 Å². The van der Waals surface area contributed by atoms with Crippen molar-refractivity contribution in [1.82, 2.24) is 20.0 Å². The van der Waals surface area contributed by atoms with E-state index in [0.29, 0.717) is 30.8 Å². The highest BCUT2D eigenvalue weighted by Crippen LogP contribution is 2.30. The SMILES string of the molecule is Cn1cc(CN2C(=O)CC3CNCCC32)cn1. The van der Waals surface area contributed by atoms with Gasteiger partial charge in [-0.1, -0.05) is 0 Å². The van der Waals surface area contributed by atoms with Crippen LogP contribution < -0.4 is 5.32 Å². The van der Waals surface area contributed by atoms with Gasteiger partial charge in [0.15, 0.2) is 0 Å². The number of piperidine rings is 1. The number of rotatable bonds is 2. The summed E-state index contributed by atoms with van der Waals surface area (Å²) in [5, 5.41) is 7.52. The van der Waals surface area contributed by atoms with Crippen LogP contribution in [-0.2, 0) is 18.4 Å². The molecule has 3 rings (SSSR count). The predicted molar refractivity (Wildman–Crippen MR) is 63.1 cm³/mol. The molecule has 2 unspecified atom stereocenters. The van der Waals surface area contributed by atoms with Gasteiger partial charge in [-0.2, -0.15) is 5.10 Å². The first-order chi connectivity index (χ1) is 8.24. The molecule has 2 atom stereocenters. The standard InChI is InChI=1S/C12H18N4O/c1-15-7-9(5-14-15)8-16-11-2-3-13-6-10(11)4-12(16)17/h5,7,10-11,13H,2-4,6,8H2,1H3. The Morgan fingerprint density at radius 3 is 3.24 bits per heavy atom. The third-order valence-corrected chi connectivity index (χ3v) is 3.84. The van der Waals surface area contributed by atoms with E-state index in [1.165, 1.54) is 0 Å². The quantitative estimate of drug-likeness (QED) is 0.791. The number of amides is 1. The van der Waals surface area contributed by atoms with Crippen molar-refractivity contribution < 1.29 is 4.79 Å². The van der Waals surface area contributed by atoms with Crippen LogP contribution in [0, 0.1) is 5.92 Å². The van der Waals surface area contributed by atoms with Gasteiger partial charge in [0.05, 0.1) is 6.20 Å². The largest absolute Gasteiger partial charge is 0.335 e. The second-order valence-corrected chi connectivity index (χ2v) is 5.07. The first kappa shape index (κ1) is 10.8. The van der Waals surface area contributed by atoms with Gasteiger partial charge in [0.2, 0.25) is 5.91 Å². The molecule has 2 aliphatic heterocycles. The Labute approximate surface area is 101 Å². The van der Waals surface area contributed by atoms with Crippen molar-refractivity contribution in [3.05, 3.63) is 18.0 Å². The van der Waals surface area contributed by atoms with Crippen molar-refractivity contribution in [2.24, 2.45) is 13.0 Å². The molecule has 2 aliphatic rings. The lowest BCUT2D eigenvalue weighted by Gasteiger charge is -2.31. The molecule has 1 amide bonds. The molecular formula is C12H18N4O. The molecule has 2 fully saturated rings. The number of hydrogen-bond donors (Lipinski definition) is 1. The van der Waals surface area contributed by atoms with Crippen molar-refractivity contribution in [2.45, 2.75) is 25.4 Å². The summed E-state index contributed by atoms with van der Waals surface area (Å²) in [5.41, 5.74) is 1.13. The summed E-state index contributed by atoms with van der Waals surface area (Å²) in [4.78, 5) is 14.1. The topological polar surface area (TPSA) is 50.2 Å². The van der Waals surface area contributed by atoms with E-state index in [2.05, 4.69) is 10.4 Å². The highest BCUT2D eigenvalue weighted by molar-refractivity contribution is 5.79. The number of nitrogens with one attached hydrogen (secondary N) is 1. The van der Waals surface area contributed by atoms with Crippen LogP contribution in [0.5, 0.6) is 0 Å². The lowest BCUT2D eigenvalue weighted by atomic mass is 9.94. The van der Waals surface area contributed by atoms with Gasteiger partial charge in [-0.05, 0) is 13.0 Å². The van der Waals surface area contributed by atoms with Crippen molar-refractivity contribution in [3.8, 4) is 0 Å². The Bertz CT molecular complexity index is 428. The lowest BCUT2D eigenvalue weighted by molar-refractivity contribution is -0.129. The van der Waals surface area contributed by atoms with Crippen LogP contribution >= 0.6 is 0 Å². The summed E-state index contributed by atoms with van der Waals surface area (Å²) in [6.45, 7) is 2.73. The van der Waals surface area contributed by atoms with Gasteiger partial charge in [0.1, 0.15) is 0 Å². The molecule has 1 aromatic rings. The number of carbonyl (C=O) groups excluding carboxylic acids is 1. The van der Waals surface area contributed by atoms with Gasteiger partial charge in [-0.3, -0.25) is 9.48 Å². The zero-order valence-corrected chi connectivity index (χ0v) is 10.1. The van der Waals surface area contributed by atoms with Crippen LogP contribution in [0.25, 0.3) is 0 Å². The van der Waals surface area contributed by atoms with Crippen molar-refractivity contribution in [2.75, 3.05) is 13.1 Å². The average molecular weight is 234 g/mol. The zero-order valence-electron chi connectivity index (χ0n) is 10.1. The van der Waals surface area contributed by atoms with E-state index in [-0.39, 0.29) is 0 Å². The van der Waals surface area contributed by atoms with E-state index in [1.807, 2.05) is 24.3 Å². The average Bonchev–Trinajstić information content (AvgIpc) is 2.85. The minimum absolute atomic E-state index is 0.299. The fraction of sp³-hybridized carbons (Fsp3) is 0.667. The minimum Gasteiger partial charge on any atom is -0.335 e. The van der Waals surface area contributed by atoms with Gasteiger partial charge >= 0.3 is 0 Å². The molecule has 3 heterocycles. The van der Waals surface area contributed by atoms with Crippen molar-refractivity contribution in [3.63, 3.8) is 0 Å². The molecule has 0 bridgehead atoms. The fourth-order valence-electron chi connectivity index (χ4n) is 3.01. The first-order valence-electron chi connectivity index (χ1n) is 6.22. The molecule has 0 spiro atoms. The summed E-state index contributed by atoms with van der Waals surface area (Å²) in [7, 11) is 1.91. The number of aromatic nitrogens is 2. The molecule has 0 aromatic carbocycles. The monoisotopic (exact) mass is 234 g/mol. The van der Waals surface area contributed by atoms with E-state index >= 15 is 0 Å². The number of carbonyl (C=O) groups is 1. The number of likely N-dealkylation sites (tertiary alicyclic amines) is 1. The van der Waals surface area contributed by atoms with Gasteiger partial charge in [0.25, 0.3) is 0 Å². The molecule has 5 nitrogen and oxygen atoms in total. The van der Waals surface area contributed by atoms with Crippen LogP contribution in [-0.4, -0.2) is 39.7 Å². The summed E-state index contributed by atoms with van der Waals surface area (Å²) < 4.78 is 1.79. The fourth-order valence-corrected chi connectivity index (χ4v) is 3.01. The molecule has 0 saturated carbocycles. The van der Waals surface area contributed by atoms with Crippen LogP contribution in [0.15, 0.2) is 12.4 Å².